The minimum atomic E-state index is -0.918. The van der Waals surface area contributed by atoms with Crippen molar-refractivity contribution in [2.75, 3.05) is 26.9 Å². The van der Waals surface area contributed by atoms with Gasteiger partial charge in [-0.1, -0.05) is 6.42 Å². The molecule has 20 heavy (non-hydrogen) atoms. The van der Waals surface area contributed by atoms with Gasteiger partial charge < -0.3 is 18.9 Å². The Morgan fingerprint density at radius 3 is 2.40 bits per heavy atom. The summed E-state index contributed by atoms with van der Waals surface area (Å²) in [5, 5.41) is 0. The predicted molar refractivity (Wildman–Crippen MR) is 68.8 cm³/mol. The second-order valence-electron chi connectivity index (χ2n) is 5.32. The van der Waals surface area contributed by atoms with Crippen LogP contribution in [0.5, 0.6) is 0 Å². The zero-order valence-electron chi connectivity index (χ0n) is 12.1. The van der Waals surface area contributed by atoms with E-state index in [0.717, 1.165) is 12.8 Å². The van der Waals surface area contributed by atoms with E-state index in [1.165, 1.54) is 14.0 Å². The largest absolute Gasteiger partial charge is 0.468 e. The maximum absolute atomic E-state index is 12.4. The Hall–Kier alpha value is -1.14. The van der Waals surface area contributed by atoms with Crippen molar-refractivity contribution in [2.45, 2.75) is 44.8 Å². The number of ether oxygens (including phenoxy) is 4. The van der Waals surface area contributed by atoms with Crippen molar-refractivity contribution in [1.29, 1.82) is 0 Å². The fourth-order valence-corrected chi connectivity index (χ4v) is 3.33. The second-order valence-corrected chi connectivity index (χ2v) is 5.32. The molecule has 2 fully saturated rings. The summed E-state index contributed by atoms with van der Waals surface area (Å²) in [6, 6.07) is 0. The number of esters is 2. The number of hydrogen-bond donors (Lipinski definition) is 0. The lowest BCUT2D eigenvalue weighted by atomic mass is 9.67. The van der Waals surface area contributed by atoms with Crippen LogP contribution >= 0.6 is 0 Å². The van der Waals surface area contributed by atoms with Crippen LogP contribution in [-0.4, -0.2) is 44.7 Å². The maximum atomic E-state index is 12.4. The third-order valence-corrected chi connectivity index (χ3v) is 4.25. The summed E-state index contributed by atoms with van der Waals surface area (Å²) >= 11 is 0. The van der Waals surface area contributed by atoms with E-state index in [0.29, 0.717) is 32.5 Å². The van der Waals surface area contributed by atoms with Crippen LogP contribution in [0.1, 0.15) is 39.0 Å². The van der Waals surface area contributed by atoms with Gasteiger partial charge in [0.25, 0.3) is 0 Å². The minimum Gasteiger partial charge on any atom is -0.468 e. The van der Waals surface area contributed by atoms with Gasteiger partial charge in [0, 0.05) is 19.8 Å². The number of hydrogen-bond acceptors (Lipinski definition) is 6. The van der Waals surface area contributed by atoms with Crippen LogP contribution in [-0.2, 0) is 28.5 Å². The van der Waals surface area contributed by atoms with Gasteiger partial charge in [0.05, 0.1) is 26.9 Å². The fourth-order valence-electron chi connectivity index (χ4n) is 3.33. The highest BCUT2D eigenvalue weighted by Crippen LogP contribution is 2.52. The molecular weight excluding hydrogens is 264 g/mol. The van der Waals surface area contributed by atoms with Crippen LogP contribution in [0.3, 0.4) is 0 Å². The summed E-state index contributed by atoms with van der Waals surface area (Å²) in [5.74, 6) is -1.62. The normalized spacial score (nSPS) is 28.3. The molecule has 1 saturated carbocycles. The lowest BCUT2D eigenvalue weighted by Crippen LogP contribution is -2.57. The molecule has 6 nitrogen and oxygen atoms in total. The monoisotopic (exact) mass is 286 g/mol. The molecular formula is C14H22O6. The standard InChI is InChI=1S/C14H22O6/c1-11(15)18-8-7-13(12(16)17-2)5-3-4-6-14(13)19-9-10-20-14/h3-10H2,1-2H3. The molecule has 0 aromatic rings. The van der Waals surface area contributed by atoms with Crippen molar-refractivity contribution >= 4 is 11.9 Å². The van der Waals surface area contributed by atoms with E-state index in [4.69, 9.17) is 18.9 Å². The summed E-state index contributed by atoms with van der Waals surface area (Å²) in [6.07, 6.45) is 3.51. The molecule has 0 bridgehead atoms. The van der Waals surface area contributed by atoms with Crippen LogP contribution in [0.25, 0.3) is 0 Å². The zero-order chi connectivity index (χ0) is 14.6. The fraction of sp³-hybridized carbons (Fsp3) is 0.857. The Labute approximate surface area is 118 Å². The molecule has 1 aliphatic heterocycles. The number of carbonyl (C=O) groups excluding carboxylic acids is 2. The molecule has 0 radical (unpaired) electrons. The van der Waals surface area contributed by atoms with Gasteiger partial charge in [-0.2, -0.15) is 0 Å². The zero-order valence-corrected chi connectivity index (χ0v) is 12.1. The van der Waals surface area contributed by atoms with Gasteiger partial charge in [0.1, 0.15) is 5.41 Å². The summed E-state index contributed by atoms with van der Waals surface area (Å²) in [5.41, 5.74) is -0.883. The molecule has 1 heterocycles. The first-order valence-electron chi connectivity index (χ1n) is 7.06. The van der Waals surface area contributed by atoms with Crippen LogP contribution in [0.2, 0.25) is 0 Å². The van der Waals surface area contributed by atoms with Gasteiger partial charge in [0.15, 0.2) is 5.79 Å². The lowest BCUT2D eigenvalue weighted by Gasteiger charge is -2.47. The highest BCUT2D eigenvalue weighted by atomic mass is 16.7. The third kappa shape index (κ3) is 2.54. The van der Waals surface area contributed by atoms with Crippen molar-refractivity contribution < 1.29 is 28.5 Å². The smallest absolute Gasteiger partial charge is 0.317 e. The summed E-state index contributed by atoms with van der Waals surface area (Å²) in [7, 11) is 1.37. The van der Waals surface area contributed by atoms with Gasteiger partial charge in [-0.3, -0.25) is 9.59 Å². The average Bonchev–Trinajstić information content (AvgIpc) is 2.89. The molecule has 1 spiro atoms. The SMILES string of the molecule is COC(=O)C1(CCOC(C)=O)CCCCC12OCCO2. The topological polar surface area (TPSA) is 71.1 Å². The molecule has 0 aromatic heterocycles. The summed E-state index contributed by atoms with van der Waals surface area (Å²) < 4.78 is 21.6. The molecule has 2 rings (SSSR count). The van der Waals surface area contributed by atoms with Gasteiger partial charge in [-0.05, 0) is 12.8 Å². The van der Waals surface area contributed by atoms with Gasteiger partial charge >= 0.3 is 11.9 Å². The molecule has 0 N–H and O–H groups in total. The molecule has 1 unspecified atom stereocenters. The first-order chi connectivity index (χ1) is 9.56. The van der Waals surface area contributed by atoms with E-state index < -0.39 is 11.2 Å². The van der Waals surface area contributed by atoms with Crippen molar-refractivity contribution in [3.63, 3.8) is 0 Å². The second kappa shape index (κ2) is 6.10. The Morgan fingerprint density at radius 2 is 1.80 bits per heavy atom. The molecule has 6 heteroatoms. The lowest BCUT2D eigenvalue weighted by molar-refractivity contribution is -0.262. The Kier molecular flexibility index (Phi) is 4.65. The quantitative estimate of drug-likeness (QED) is 0.728. The first kappa shape index (κ1) is 15.3. The molecule has 2 aliphatic rings. The van der Waals surface area contributed by atoms with Crippen molar-refractivity contribution in [3.05, 3.63) is 0 Å². The van der Waals surface area contributed by atoms with Crippen LogP contribution in [0.15, 0.2) is 0 Å². The highest BCUT2D eigenvalue weighted by molar-refractivity contribution is 5.78. The van der Waals surface area contributed by atoms with Crippen molar-refractivity contribution in [3.8, 4) is 0 Å². The highest BCUT2D eigenvalue weighted by Gasteiger charge is 2.62. The molecule has 0 aromatic carbocycles. The number of rotatable bonds is 4. The van der Waals surface area contributed by atoms with Crippen LogP contribution < -0.4 is 0 Å². The van der Waals surface area contributed by atoms with E-state index in [1.807, 2.05) is 0 Å². The maximum Gasteiger partial charge on any atom is 0.317 e. The summed E-state index contributed by atoms with van der Waals surface area (Å²) in [4.78, 5) is 23.3. The third-order valence-electron chi connectivity index (χ3n) is 4.25. The Bertz CT molecular complexity index is 374. The van der Waals surface area contributed by atoms with E-state index in [-0.39, 0.29) is 18.5 Å². The average molecular weight is 286 g/mol. The number of carbonyl (C=O) groups is 2. The first-order valence-corrected chi connectivity index (χ1v) is 7.06. The van der Waals surface area contributed by atoms with Crippen LogP contribution in [0.4, 0.5) is 0 Å². The van der Waals surface area contributed by atoms with Gasteiger partial charge in [-0.25, -0.2) is 0 Å². The molecule has 114 valence electrons. The molecule has 1 aliphatic carbocycles. The Balaban J connectivity index is 2.23. The summed E-state index contributed by atoms with van der Waals surface area (Å²) in [6.45, 7) is 2.47. The van der Waals surface area contributed by atoms with E-state index in [1.54, 1.807) is 0 Å². The van der Waals surface area contributed by atoms with Crippen molar-refractivity contribution in [2.24, 2.45) is 5.41 Å². The van der Waals surface area contributed by atoms with Crippen molar-refractivity contribution in [1.82, 2.24) is 0 Å². The molecule has 1 saturated heterocycles. The van der Waals surface area contributed by atoms with E-state index in [9.17, 15) is 9.59 Å². The number of methoxy groups -OCH3 is 1. The van der Waals surface area contributed by atoms with Crippen LogP contribution in [0, 0.1) is 5.41 Å². The van der Waals surface area contributed by atoms with Gasteiger partial charge in [0.2, 0.25) is 0 Å². The van der Waals surface area contributed by atoms with Gasteiger partial charge in [-0.15, -0.1) is 0 Å². The minimum absolute atomic E-state index is 0.166. The molecule has 1 atom stereocenters. The predicted octanol–water partition coefficient (Wildman–Crippen LogP) is 1.42. The Morgan fingerprint density at radius 1 is 1.15 bits per heavy atom. The molecule has 0 amide bonds. The van der Waals surface area contributed by atoms with E-state index in [2.05, 4.69) is 0 Å². The van der Waals surface area contributed by atoms with E-state index >= 15 is 0 Å².